The molecule has 1 unspecified atom stereocenters. The van der Waals surface area contributed by atoms with E-state index in [-0.39, 0.29) is 12.5 Å². The molecule has 0 aliphatic heterocycles. The van der Waals surface area contributed by atoms with Gasteiger partial charge in [0.2, 0.25) is 0 Å². The van der Waals surface area contributed by atoms with Crippen molar-refractivity contribution in [1.82, 2.24) is 9.88 Å². The van der Waals surface area contributed by atoms with Crippen LogP contribution < -0.4 is 0 Å². The van der Waals surface area contributed by atoms with Crippen LogP contribution in [0.4, 0.5) is 0 Å². The van der Waals surface area contributed by atoms with Crippen LogP contribution in [0.2, 0.25) is 0 Å². The first-order chi connectivity index (χ1) is 9.60. The minimum atomic E-state index is -0.762. The van der Waals surface area contributed by atoms with Crippen LogP contribution in [0.3, 0.4) is 0 Å². The van der Waals surface area contributed by atoms with Crippen LogP contribution in [0, 0.1) is 0 Å². The van der Waals surface area contributed by atoms with Crippen LogP contribution in [-0.2, 0) is 11.3 Å². The number of benzene rings is 1. The van der Waals surface area contributed by atoms with Crippen molar-refractivity contribution in [3.8, 4) is 0 Å². The average molecular weight is 272 g/mol. The second-order valence-electron chi connectivity index (χ2n) is 5.01. The highest BCUT2D eigenvalue weighted by molar-refractivity contribution is 5.78. The monoisotopic (exact) mass is 272 g/mol. The Morgan fingerprint density at radius 3 is 2.75 bits per heavy atom. The van der Waals surface area contributed by atoms with Gasteiger partial charge in [0, 0.05) is 18.0 Å². The molecule has 1 heterocycles. The molecule has 106 valence electrons. The van der Waals surface area contributed by atoms with Crippen molar-refractivity contribution in [3.63, 3.8) is 0 Å². The first-order valence-corrected chi connectivity index (χ1v) is 6.90. The Hall–Kier alpha value is -1.94. The molecule has 0 aliphatic rings. The van der Waals surface area contributed by atoms with Gasteiger partial charge in [-0.3, -0.25) is 14.7 Å². The molecule has 4 heteroatoms. The second-order valence-corrected chi connectivity index (χ2v) is 5.01. The third-order valence-corrected chi connectivity index (χ3v) is 3.52. The van der Waals surface area contributed by atoms with E-state index in [1.54, 1.807) is 0 Å². The predicted octanol–water partition coefficient (Wildman–Crippen LogP) is 2.92. The van der Waals surface area contributed by atoms with Gasteiger partial charge in [-0.25, -0.2) is 0 Å². The van der Waals surface area contributed by atoms with Crippen LogP contribution in [0.1, 0.15) is 26.0 Å². The minimum absolute atomic E-state index is 0.00534. The predicted molar refractivity (Wildman–Crippen MR) is 79.5 cm³/mol. The Labute approximate surface area is 119 Å². The summed E-state index contributed by atoms with van der Waals surface area (Å²) in [7, 11) is 0. The Morgan fingerprint density at radius 1 is 1.30 bits per heavy atom. The summed E-state index contributed by atoms with van der Waals surface area (Å²) in [5.74, 6) is -0.762. The highest BCUT2D eigenvalue weighted by Gasteiger charge is 2.16. The Bertz CT molecular complexity index is 598. The highest BCUT2D eigenvalue weighted by atomic mass is 16.4. The van der Waals surface area contributed by atoms with E-state index in [1.807, 2.05) is 44.2 Å². The molecule has 2 rings (SSSR count). The molecular weight excluding hydrogens is 252 g/mol. The number of nitrogens with zero attached hydrogens (tertiary/aromatic N) is 2. The first kappa shape index (κ1) is 14.5. The molecule has 1 N–H and O–H groups in total. The molecule has 0 saturated heterocycles. The molecule has 1 aromatic carbocycles. The zero-order chi connectivity index (χ0) is 14.5. The van der Waals surface area contributed by atoms with Crippen LogP contribution in [0.15, 0.2) is 36.4 Å². The van der Waals surface area contributed by atoms with Gasteiger partial charge in [0.1, 0.15) is 0 Å². The number of fused-ring (bicyclic) bond motifs is 1. The fourth-order valence-corrected chi connectivity index (χ4v) is 2.37. The number of aromatic nitrogens is 1. The van der Waals surface area contributed by atoms with Crippen LogP contribution in [0.5, 0.6) is 0 Å². The van der Waals surface area contributed by atoms with E-state index >= 15 is 0 Å². The van der Waals surface area contributed by atoms with Gasteiger partial charge >= 0.3 is 5.97 Å². The molecule has 1 aromatic heterocycles. The summed E-state index contributed by atoms with van der Waals surface area (Å²) in [6.45, 7) is 5.47. The summed E-state index contributed by atoms with van der Waals surface area (Å²) >= 11 is 0. The first-order valence-electron chi connectivity index (χ1n) is 6.90. The molecule has 2 aromatic rings. The molecule has 0 fully saturated rings. The number of carboxylic acids is 1. The van der Waals surface area contributed by atoms with Crippen molar-refractivity contribution >= 4 is 16.9 Å². The van der Waals surface area contributed by atoms with Crippen molar-refractivity contribution in [3.05, 3.63) is 42.1 Å². The standard InChI is InChI=1S/C16H20N2O2/c1-3-18(12(2)10-16(19)20)11-14-9-8-13-6-4-5-7-15(13)17-14/h4-9,12H,3,10-11H2,1-2H3,(H,19,20). The fraction of sp³-hybridized carbons (Fsp3) is 0.375. The molecule has 1 atom stereocenters. The normalized spacial score (nSPS) is 12.8. The van der Waals surface area contributed by atoms with Crippen molar-refractivity contribution in [1.29, 1.82) is 0 Å². The Morgan fingerprint density at radius 2 is 2.05 bits per heavy atom. The van der Waals surface area contributed by atoms with E-state index in [0.717, 1.165) is 23.1 Å². The molecule has 0 spiro atoms. The van der Waals surface area contributed by atoms with Gasteiger partial charge in [0.15, 0.2) is 0 Å². The van der Waals surface area contributed by atoms with Gasteiger partial charge in [-0.05, 0) is 25.6 Å². The smallest absolute Gasteiger partial charge is 0.304 e. The summed E-state index contributed by atoms with van der Waals surface area (Å²) < 4.78 is 0. The van der Waals surface area contributed by atoms with Crippen molar-refractivity contribution in [2.24, 2.45) is 0 Å². The van der Waals surface area contributed by atoms with Crippen LogP contribution in [-0.4, -0.2) is 33.5 Å². The SMILES string of the molecule is CCN(Cc1ccc2ccccc2n1)C(C)CC(=O)O. The Balaban J connectivity index is 2.14. The lowest BCUT2D eigenvalue weighted by molar-refractivity contribution is -0.138. The third-order valence-electron chi connectivity index (χ3n) is 3.52. The van der Waals surface area contributed by atoms with E-state index in [4.69, 9.17) is 5.11 Å². The van der Waals surface area contributed by atoms with Gasteiger partial charge in [-0.15, -0.1) is 0 Å². The lowest BCUT2D eigenvalue weighted by Crippen LogP contribution is -2.34. The lowest BCUT2D eigenvalue weighted by Gasteiger charge is -2.26. The number of hydrogen-bond acceptors (Lipinski definition) is 3. The molecular formula is C16H20N2O2. The summed E-state index contributed by atoms with van der Waals surface area (Å²) in [4.78, 5) is 17.6. The summed E-state index contributed by atoms with van der Waals surface area (Å²) in [6, 6.07) is 12.1. The van der Waals surface area contributed by atoms with E-state index in [2.05, 4.69) is 16.0 Å². The van der Waals surface area contributed by atoms with E-state index in [1.165, 1.54) is 0 Å². The molecule has 0 bridgehead atoms. The van der Waals surface area contributed by atoms with Gasteiger partial charge in [0.05, 0.1) is 17.6 Å². The maximum absolute atomic E-state index is 10.8. The molecule has 0 saturated carbocycles. The number of carbonyl (C=O) groups is 1. The van der Waals surface area contributed by atoms with Crippen molar-refractivity contribution < 1.29 is 9.90 Å². The number of para-hydroxylation sites is 1. The van der Waals surface area contributed by atoms with Gasteiger partial charge in [-0.2, -0.15) is 0 Å². The topological polar surface area (TPSA) is 53.4 Å². The van der Waals surface area contributed by atoms with E-state index < -0.39 is 5.97 Å². The summed E-state index contributed by atoms with van der Waals surface area (Å²) in [5, 5.41) is 10.0. The lowest BCUT2D eigenvalue weighted by atomic mass is 10.1. The number of pyridine rings is 1. The van der Waals surface area contributed by atoms with Gasteiger partial charge < -0.3 is 5.11 Å². The fourth-order valence-electron chi connectivity index (χ4n) is 2.37. The van der Waals surface area contributed by atoms with Crippen molar-refractivity contribution in [2.45, 2.75) is 32.9 Å². The molecule has 0 amide bonds. The number of carboxylic acid groups (broad SMARTS) is 1. The maximum atomic E-state index is 10.8. The number of aliphatic carboxylic acids is 1. The zero-order valence-corrected chi connectivity index (χ0v) is 11.9. The molecule has 4 nitrogen and oxygen atoms in total. The quantitative estimate of drug-likeness (QED) is 0.878. The van der Waals surface area contributed by atoms with Crippen LogP contribution in [0.25, 0.3) is 10.9 Å². The van der Waals surface area contributed by atoms with E-state index in [9.17, 15) is 4.79 Å². The summed E-state index contributed by atoms with van der Waals surface area (Å²) in [5.41, 5.74) is 1.95. The van der Waals surface area contributed by atoms with Gasteiger partial charge in [0.25, 0.3) is 0 Å². The largest absolute Gasteiger partial charge is 0.481 e. The zero-order valence-electron chi connectivity index (χ0n) is 11.9. The highest BCUT2D eigenvalue weighted by Crippen LogP contribution is 2.14. The summed E-state index contributed by atoms with van der Waals surface area (Å²) in [6.07, 6.45) is 0.154. The maximum Gasteiger partial charge on any atom is 0.304 e. The van der Waals surface area contributed by atoms with E-state index in [0.29, 0.717) is 6.54 Å². The van der Waals surface area contributed by atoms with Crippen molar-refractivity contribution in [2.75, 3.05) is 6.54 Å². The average Bonchev–Trinajstić information content (AvgIpc) is 2.43. The molecule has 0 radical (unpaired) electrons. The minimum Gasteiger partial charge on any atom is -0.481 e. The Kier molecular flexibility index (Phi) is 4.69. The third kappa shape index (κ3) is 3.54. The molecule has 0 aliphatic carbocycles. The molecule has 20 heavy (non-hydrogen) atoms. The van der Waals surface area contributed by atoms with Crippen LogP contribution >= 0.6 is 0 Å². The number of hydrogen-bond donors (Lipinski definition) is 1. The number of rotatable bonds is 6. The van der Waals surface area contributed by atoms with Gasteiger partial charge in [-0.1, -0.05) is 31.2 Å². The second kappa shape index (κ2) is 6.48.